The first-order chi connectivity index (χ1) is 6.75. The topological polar surface area (TPSA) is 26.0 Å². The summed E-state index contributed by atoms with van der Waals surface area (Å²) in [5, 5.41) is 0. The summed E-state index contributed by atoms with van der Waals surface area (Å²) in [5.74, 6) is 1.19. The SMILES string of the molecule is CCCCSc1ccccc1C(C)N. The summed E-state index contributed by atoms with van der Waals surface area (Å²) in [6.07, 6.45) is 2.53. The molecule has 78 valence electrons. The van der Waals surface area contributed by atoms with Crippen molar-refractivity contribution in [1.82, 2.24) is 0 Å². The van der Waals surface area contributed by atoms with Gasteiger partial charge in [0.25, 0.3) is 0 Å². The van der Waals surface area contributed by atoms with Crippen LogP contribution >= 0.6 is 11.8 Å². The van der Waals surface area contributed by atoms with Crippen LogP contribution in [0.5, 0.6) is 0 Å². The van der Waals surface area contributed by atoms with Gasteiger partial charge in [-0.15, -0.1) is 11.8 Å². The molecule has 1 aromatic rings. The lowest BCUT2D eigenvalue weighted by Crippen LogP contribution is -2.06. The molecule has 0 heterocycles. The molecule has 0 amide bonds. The predicted octanol–water partition coefficient (Wildman–Crippen LogP) is 3.60. The molecular formula is C12H19NS. The van der Waals surface area contributed by atoms with E-state index in [9.17, 15) is 0 Å². The van der Waals surface area contributed by atoms with E-state index in [1.165, 1.54) is 29.1 Å². The lowest BCUT2D eigenvalue weighted by atomic mass is 10.1. The summed E-state index contributed by atoms with van der Waals surface area (Å²) < 4.78 is 0. The highest BCUT2D eigenvalue weighted by atomic mass is 32.2. The van der Waals surface area contributed by atoms with Crippen molar-refractivity contribution < 1.29 is 0 Å². The lowest BCUT2D eigenvalue weighted by Gasteiger charge is -2.11. The number of hydrogen-bond acceptors (Lipinski definition) is 2. The molecule has 1 unspecified atom stereocenters. The van der Waals surface area contributed by atoms with Gasteiger partial charge in [0.1, 0.15) is 0 Å². The third-order valence-electron chi connectivity index (χ3n) is 2.17. The summed E-state index contributed by atoms with van der Waals surface area (Å²) >= 11 is 1.92. The van der Waals surface area contributed by atoms with E-state index in [4.69, 9.17) is 5.73 Å². The molecule has 0 bridgehead atoms. The van der Waals surface area contributed by atoms with E-state index in [2.05, 4.69) is 31.2 Å². The third kappa shape index (κ3) is 3.35. The van der Waals surface area contributed by atoms with E-state index in [1.54, 1.807) is 0 Å². The Morgan fingerprint density at radius 1 is 1.36 bits per heavy atom. The molecule has 0 radical (unpaired) electrons. The molecule has 14 heavy (non-hydrogen) atoms. The quantitative estimate of drug-likeness (QED) is 0.592. The zero-order valence-electron chi connectivity index (χ0n) is 8.99. The molecule has 2 N–H and O–H groups in total. The van der Waals surface area contributed by atoms with Gasteiger partial charge in [-0.3, -0.25) is 0 Å². The van der Waals surface area contributed by atoms with Crippen LogP contribution in [-0.4, -0.2) is 5.75 Å². The number of unbranched alkanes of at least 4 members (excludes halogenated alkanes) is 1. The van der Waals surface area contributed by atoms with Crippen LogP contribution in [0.1, 0.15) is 38.3 Å². The summed E-state index contributed by atoms with van der Waals surface area (Å²) in [7, 11) is 0. The number of hydrogen-bond donors (Lipinski definition) is 1. The Hall–Kier alpha value is -0.470. The van der Waals surface area contributed by atoms with E-state index in [1.807, 2.05) is 18.7 Å². The summed E-state index contributed by atoms with van der Waals surface area (Å²) in [6, 6.07) is 8.57. The summed E-state index contributed by atoms with van der Waals surface area (Å²) in [5.41, 5.74) is 7.18. The molecular weight excluding hydrogens is 190 g/mol. The Morgan fingerprint density at radius 3 is 2.71 bits per heavy atom. The van der Waals surface area contributed by atoms with Crippen LogP contribution in [0.3, 0.4) is 0 Å². The zero-order chi connectivity index (χ0) is 10.4. The first-order valence-corrected chi connectivity index (χ1v) is 6.21. The summed E-state index contributed by atoms with van der Waals surface area (Å²) in [4.78, 5) is 1.34. The molecule has 0 spiro atoms. The Kier molecular flexibility index (Phi) is 5.05. The molecule has 1 rings (SSSR count). The van der Waals surface area contributed by atoms with Crippen LogP contribution in [-0.2, 0) is 0 Å². The Morgan fingerprint density at radius 2 is 2.07 bits per heavy atom. The number of thioether (sulfide) groups is 1. The van der Waals surface area contributed by atoms with E-state index in [-0.39, 0.29) is 6.04 Å². The third-order valence-corrected chi connectivity index (χ3v) is 3.34. The highest BCUT2D eigenvalue weighted by Crippen LogP contribution is 2.26. The molecule has 0 aliphatic rings. The fourth-order valence-electron chi connectivity index (χ4n) is 1.31. The van der Waals surface area contributed by atoms with Gasteiger partial charge in [0, 0.05) is 10.9 Å². The van der Waals surface area contributed by atoms with Crippen molar-refractivity contribution in [1.29, 1.82) is 0 Å². The molecule has 0 aliphatic carbocycles. The average Bonchev–Trinajstić information content (AvgIpc) is 2.19. The van der Waals surface area contributed by atoms with Gasteiger partial charge >= 0.3 is 0 Å². The maximum atomic E-state index is 5.91. The van der Waals surface area contributed by atoms with Gasteiger partial charge in [0.2, 0.25) is 0 Å². The molecule has 0 fully saturated rings. The van der Waals surface area contributed by atoms with Gasteiger partial charge in [-0.05, 0) is 30.7 Å². The van der Waals surface area contributed by atoms with Gasteiger partial charge in [-0.2, -0.15) is 0 Å². The first kappa shape index (κ1) is 11.6. The van der Waals surface area contributed by atoms with Crippen LogP contribution in [0.2, 0.25) is 0 Å². The minimum absolute atomic E-state index is 0.139. The standard InChI is InChI=1S/C12H19NS/c1-3-4-9-14-12-8-6-5-7-11(12)10(2)13/h5-8,10H,3-4,9,13H2,1-2H3. The van der Waals surface area contributed by atoms with Gasteiger partial charge in [0.15, 0.2) is 0 Å². The van der Waals surface area contributed by atoms with Crippen molar-refractivity contribution >= 4 is 11.8 Å². The normalized spacial score (nSPS) is 12.8. The number of benzene rings is 1. The van der Waals surface area contributed by atoms with Crippen molar-refractivity contribution in [3.63, 3.8) is 0 Å². The fourth-order valence-corrected chi connectivity index (χ4v) is 2.56. The molecule has 0 saturated heterocycles. The molecule has 2 heteroatoms. The van der Waals surface area contributed by atoms with Crippen molar-refractivity contribution in [3.8, 4) is 0 Å². The van der Waals surface area contributed by atoms with Gasteiger partial charge in [0.05, 0.1) is 0 Å². The van der Waals surface area contributed by atoms with Crippen LogP contribution in [0.25, 0.3) is 0 Å². The Balaban J connectivity index is 2.64. The largest absolute Gasteiger partial charge is 0.324 e. The van der Waals surface area contributed by atoms with Crippen molar-refractivity contribution in [2.75, 3.05) is 5.75 Å². The minimum atomic E-state index is 0.139. The molecule has 1 atom stereocenters. The fraction of sp³-hybridized carbons (Fsp3) is 0.500. The van der Waals surface area contributed by atoms with E-state index in [0.717, 1.165) is 0 Å². The lowest BCUT2D eigenvalue weighted by molar-refractivity contribution is 0.797. The van der Waals surface area contributed by atoms with Crippen molar-refractivity contribution in [2.45, 2.75) is 37.6 Å². The summed E-state index contributed by atoms with van der Waals surface area (Å²) in [6.45, 7) is 4.26. The van der Waals surface area contributed by atoms with Gasteiger partial charge in [-0.25, -0.2) is 0 Å². The molecule has 1 aromatic carbocycles. The first-order valence-electron chi connectivity index (χ1n) is 5.23. The second-order valence-electron chi connectivity index (χ2n) is 3.53. The Labute approximate surface area is 91.1 Å². The van der Waals surface area contributed by atoms with Gasteiger partial charge < -0.3 is 5.73 Å². The minimum Gasteiger partial charge on any atom is -0.324 e. The maximum Gasteiger partial charge on any atom is 0.0277 e. The molecule has 1 nitrogen and oxygen atoms in total. The average molecular weight is 209 g/mol. The Bertz CT molecular complexity index is 271. The van der Waals surface area contributed by atoms with E-state index >= 15 is 0 Å². The van der Waals surface area contributed by atoms with Crippen LogP contribution < -0.4 is 5.73 Å². The van der Waals surface area contributed by atoms with Crippen molar-refractivity contribution in [2.24, 2.45) is 5.73 Å². The molecule has 0 saturated carbocycles. The van der Waals surface area contributed by atoms with Crippen molar-refractivity contribution in [3.05, 3.63) is 29.8 Å². The maximum absolute atomic E-state index is 5.91. The highest BCUT2D eigenvalue weighted by Gasteiger charge is 2.05. The second kappa shape index (κ2) is 6.10. The van der Waals surface area contributed by atoms with Gasteiger partial charge in [-0.1, -0.05) is 31.5 Å². The highest BCUT2D eigenvalue weighted by molar-refractivity contribution is 7.99. The molecule has 0 aromatic heterocycles. The number of rotatable bonds is 5. The van der Waals surface area contributed by atoms with E-state index in [0.29, 0.717) is 0 Å². The van der Waals surface area contributed by atoms with Crippen LogP contribution in [0.4, 0.5) is 0 Å². The zero-order valence-corrected chi connectivity index (χ0v) is 9.81. The van der Waals surface area contributed by atoms with Crippen LogP contribution in [0.15, 0.2) is 29.2 Å². The van der Waals surface area contributed by atoms with Crippen LogP contribution in [0, 0.1) is 0 Å². The predicted molar refractivity (Wildman–Crippen MR) is 64.7 cm³/mol. The monoisotopic (exact) mass is 209 g/mol. The molecule has 0 aliphatic heterocycles. The second-order valence-corrected chi connectivity index (χ2v) is 4.67. The van der Waals surface area contributed by atoms with E-state index < -0.39 is 0 Å². The number of nitrogens with two attached hydrogens (primary N) is 1. The smallest absolute Gasteiger partial charge is 0.0277 e.